The van der Waals surface area contributed by atoms with Gasteiger partial charge in [0.05, 0.1) is 6.20 Å². The summed E-state index contributed by atoms with van der Waals surface area (Å²) < 4.78 is 0. The average Bonchev–Trinajstić information content (AvgIpc) is 2.39. The highest BCUT2D eigenvalue weighted by atomic mass is 15.2. The van der Waals surface area contributed by atoms with Gasteiger partial charge in [-0.1, -0.05) is 17.7 Å². The van der Waals surface area contributed by atoms with Gasteiger partial charge in [0.15, 0.2) is 5.82 Å². The summed E-state index contributed by atoms with van der Waals surface area (Å²) >= 11 is 0. The van der Waals surface area contributed by atoms with Crippen LogP contribution in [-0.4, -0.2) is 41.3 Å². The van der Waals surface area contributed by atoms with Crippen LogP contribution in [0.25, 0.3) is 10.8 Å². The maximum atomic E-state index is 4.29. The number of anilines is 1. The summed E-state index contributed by atoms with van der Waals surface area (Å²) in [7, 11) is 2.17. The molecule has 1 aliphatic heterocycles. The van der Waals surface area contributed by atoms with Crippen LogP contribution in [0.15, 0.2) is 24.4 Å². The Hall–Kier alpha value is -1.68. The lowest BCUT2D eigenvalue weighted by Crippen LogP contribution is -2.40. The molecule has 0 spiro atoms. The number of rotatable bonds is 2. The number of aromatic nitrogens is 2. The topological polar surface area (TPSA) is 41.1 Å². The highest BCUT2D eigenvalue weighted by Gasteiger charge is 2.18. The number of nitrogens with zero attached hydrogens (tertiary/aromatic N) is 3. The number of hydrogen-bond acceptors (Lipinski definition) is 4. The van der Waals surface area contributed by atoms with E-state index in [2.05, 4.69) is 52.6 Å². The summed E-state index contributed by atoms with van der Waals surface area (Å²) in [6, 6.07) is 6.87. The summed E-state index contributed by atoms with van der Waals surface area (Å²) in [5, 5.41) is 14.3. The van der Waals surface area contributed by atoms with Crippen molar-refractivity contribution in [2.45, 2.75) is 25.8 Å². The first kappa shape index (κ1) is 12.4. The summed E-state index contributed by atoms with van der Waals surface area (Å²) in [4.78, 5) is 2.37. The normalized spacial score (nSPS) is 20.6. The fraction of sp³-hybridized carbons (Fsp3) is 0.467. The van der Waals surface area contributed by atoms with Crippen molar-refractivity contribution in [2.24, 2.45) is 0 Å². The van der Waals surface area contributed by atoms with E-state index < -0.39 is 0 Å². The summed E-state index contributed by atoms with van der Waals surface area (Å²) in [5.74, 6) is 0.918. The van der Waals surface area contributed by atoms with E-state index in [0.717, 1.165) is 17.7 Å². The number of aryl methyl sites for hydroxylation is 1. The maximum Gasteiger partial charge on any atom is 0.156 e. The predicted octanol–water partition coefficient (Wildman–Crippen LogP) is 2.44. The second-order valence-electron chi connectivity index (χ2n) is 5.53. The second kappa shape index (κ2) is 5.13. The first-order valence-corrected chi connectivity index (χ1v) is 6.89. The van der Waals surface area contributed by atoms with Crippen molar-refractivity contribution in [3.8, 4) is 0 Å². The van der Waals surface area contributed by atoms with E-state index >= 15 is 0 Å². The van der Waals surface area contributed by atoms with Crippen molar-refractivity contribution in [3.63, 3.8) is 0 Å². The number of likely N-dealkylation sites (tertiary alicyclic amines) is 1. The number of benzene rings is 1. The van der Waals surface area contributed by atoms with Crippen LogP contribution >= 0.6 is 0 Å². The molecule has 0 aliphatic carbocycles. The van der Waals surface area contributed by atoms with Crippen LogP contribution in [0.5, 0.6) is 0 Å². The number of piperidine rings is 1. The third kappa shape index (κ3) is 2.68. The lowest BCUT2D eigenvalue weighted by Gasteiger charge is -2.30. The molecule has 3 rings (SSSR count). The SMILES string of the molecule is Cc1ccc2cnnc(NC3CCCN(C)C3)c2c1. The zero-order valence-electron chi connectivity index (χ0n) is 11.6. The second-order valence-corrected chi connectivity index (χ2v) is 5.53. The minimum absolute atomic E-state index is 0.471. The van der Waals surface area contributed by atoms with E-state index in [9.17, 15) is 0 Å². The Labute approximate surface area is 113 Å². The zero-order valence-corrected chi connectivity index (χ0v) is 11.6. The molecule has 0 radical (unpaired) electrons. The van der Waals surface area contributed by atoms with Gasteiger partial charge in [-0.25, -0.2) is 0 Å². The molecule has 1 atom stereocenters. The minimum atomic E-state index is 0.471. The third-order valence-corrected chi connectivity index (χ3v) is 3.78. The fourth-order valence-corrected chi connectivity index (χ4v) is 2.77. The molecule has 100 valence electrons. The summed E-state index contributed by atoms with van der Waals surface area (Å²) in [5.41, 5.74) is 1.25. The standard InChI is InChI=1S/C15H20N4/c1-11-5-6-12-9-16-18-15(14(12)8-11)17-13-4-3-7-19(2)10-13/h5-6,8-9,13H,3-4,7,10H2,1-2H3,(H,17,18). The van der Waals surface area contributed by atoms with E-state index in [1.807, 2.05) is 6.20 Å². The van der Waals surface area contributed by atoms with Gasteiger partial charge in [-0.2, -0.15) is 5.10 Å². The van der Waals surface area contributed by atoms with Crippen LogP contribution in [0, 0.1) is 6.92 Å². The van der Waals surface area contributed by atoms with Gasteiger partial charge in [0.1, 0.15) is 0 Å². The van der Waals surface area contributed by atoms with Crippen LogP contribution < -0.4 is 5.32 Å². The largest absolute Gasteiger partial charge is 0.364 e. The minimum Gasteiger partial charge on any atom is -0.364 e. The van der Waals surface area contributed by atoms with Gasteiger partial charge >= 0.3 is 0 Å². The summed E-state index contributed by atoms with van der Waals surface area (Å²) in [6.45, 7) is 4.38. The molecule has 1 saturated heterocycles. The number of likely N-dealkylation sites (N-methyl/N-ethyl adjacent to an activating group) is 1. The Balaban J connectivity index is 1.89. The van der Waals surface area contributed by atoms with Crippen molar-refractivity contribution in [1.82, 2.24) is 15.1 Å². The van der Waals surface area contributed by atoms with Crippen molar-refractivity contribution in [3.05, 3.63) is 30.0 Å². The van der Waals surface area contributed by atoms with Gasteiger partial charge in [0, 0.05) is 23.4 Å². The molecule has 1 fully saturated rings. The zero-order chi connectivity index (χ0) is 13.2. The molecule has 4 heteroatoms. The van der Waals surface area contributed by atoms with Gasteiger partial charge in [-0.3, -0.25) is 0 Å². The van der Waals surface area contributed by atoms with E-state index in [0.29, 0.717) is 6.04 Å². The van der Waals surface area contributed by atoms with Gasteiger partial charge in [-0.15, -0.1) is 5.10 Å². The number of fused-ring (bicyclic) bond motifs is 1. The predicted molar refractivity (Wildman–Crippen MR) is 78.4 cm³/mol. The molecule has 1 unspecified atom stereocenters. The van der Waals surface area contributed by atoms with Crippen LogP contribution in [0.4, 0.5) is 5.82 Å². The molecule has 19 heavy (non-hydrogen) atoms. The Morgan fingerprint density at radius 2 is 2.26 bits per heavy atom. The first-order valence-electron chi connectivity index (χ1n) is 6.89. The lowest BCUT2D eigenvalue weighted by atomic mass is 10.1. The number of nitrogens with one attached hydrogen (secondary N) is 1. The van der Waals surface area contributed by atoms with Gasteiger partial charge in [0.2, 0.25) is 0 Å². The van der Waals surface area contributed by atoms with Crippen molar-refractivity contribution >= 4 is 16.6 Å². The molecule has 2 aromatic rings. The Morgan fingerprint density at radius 3 is 3.11 bits per heavy atom. The molecule has 1 N–H and O–H groups in total. The van der Waals surface area contributed by atoms with Crippen molar-refractivity contribution in [1.29, 1.82) is 0 Å². The molecular weight excluding hydrogens is 236 g/mol. The smallest absolute Gasteiger partial charge is 0.156 e. The molecule has 4 nitrogen and oxygen atoms in total. The first-order chi connectivity index (χ1) is 9.22. The number of hydrogen-bond donors (Lipinski definition) is 1. The third-order valence-electron chi connectivity index (χ3n) is 3.78. The van der Waals surface area contributed by atoms with Gasteiger partial charge in [0.25, 0.3) is 0 Å². The van der Waals surface area contributed by atoms with E-state index in [4.69, 9.17) is 0 Å². The van der Waals surface area contributed by atoms with E-state index in [-0.39, 0.29) is 0 Å². The van der Waals surface area contributed by atoms with Crippen LogP contribution in [-0.2, 0) is 0 Å². The quantitative estimate of drug-likeness (QED) is 0.896. The summed E-state index contributed by atoms with van der Waals surface area (Å²) in [6.07, 6.45) is 4.27. The van der Waals surface area contributed by atoms with Crippen LogP contribution in [0.2, 0.25) is 0 Å². The Kier molecular flexibility index (Phi) is 3.34. The van der Waals surface area contributed by atoms with Crippen LogP contribution in [0.1, 0.15) is 18.4 Å². The van der Waals surface area contributed by atoms with Gasteiger partial charge < -0.3 is 10.2 Å². The Morgan fingerprint density at radius 1 is 1.37 bits per heavy atom. The van der Waals surface area contributed by atoms with Crippen LogP contribution in [0.3, 0.4) is 0 Å². The Bertz CT molecular complexity index is 581. The molecule has 1 aromatic carbocycles. The molecule has 1 aromatic heterocycles. The van der Waals surface area contributed by atoms with Crippen molar-refractivity contribution in [2.75, 3.05) is 25.5 Å². The molecular formula is C15H20N4. The van der Waals surface area contributed by atoms with E-state index in [1.165, 1.54) is 30.3 Å². The fourth-order valence-electron chi connectivity index (χ4n) is 2.77. The van der Waals surface area contributed by atoms with Gasteiger partial charge in [-0.05, 0) is 39.4 Å². The molecule has 0 bridgehead atoms. The molecule has 1 aliphatic rings. The highest BCUT2D eigenvalue weighted by Crippen LogP contribution is 2.23. The average molecular weight is 256 g/mol. The molecule has 0 saturated carbocycles. The monoisotopic (exact) mass is 256 g/mol. The van der Waals surface area contributed by atoms with Crippen molar-refractivity contribution < 1.29 is 0 Å². The lowest BCUT2D eigenvalue weighted by molar-refractivity contribution is 0.261. The highest BCUT2D eigenvalue weighted by molar-refractivity contribution is 5.91. The maximum absolute atomic E-state index is 4.29. The molecule has 0 amide bonds. The molecule has 2 heterocycles. The van der Waals surface area contributed by atoms with E-state index in [1.54, 1.807) is 0 Å².